The minimum absolute atomic E-state index is 0.0225. The fraction of sp³-hybridized carbons (Fsp3) is 0.462. The van der Waals surface area contributed by atoms with Crippen LogP contribution in [0.4, 0.5) is 8.78 Å². The van der Waals surface area contributed by atoms with Gasteiger partial charge < -0.3 is 10.4 Å². The number of rotatable bonds is 5. The summed E-state index contributed by atoms with van der Waals surface area (Å²) in [5, 5.41) is 11.6. The quantitative estimate of drug-likeness (QED) is 0.842. The molecule has 2 N–H and O–H groups in total. The first-order chi connectivity index (χ1) is 8.35. The second-order valence-corrected chi connectivity index (χ2v) is 4.99. The summed E-state index contributed by atoms with van der Waals surface area (Å²) < 4.78 is 26.2. The van der Waals surface area contributed by atoms with Crippen LogP contribution in [-0.4, -0.2) is 24.2 Å². The van der Waals surface area contributed by atoms with Crippen molar-refractivity contribution in [3.8, 4) is 0 Å². The lowest BCUT2D eigenvalue weighted by Crippen LogP contribution is -2.36. The highest BCUT2D eigenvalue weighted by Gasteiger charge is 2.18. The maximum atomic E-state index is 13.3. The minimum Gasteiger partial charge on any atom is -0.396 e. The van der Waals surface area contributed by atoms with Gasteiger partial charge in [0.2, 0.25) is 5.91 Å². The van der Waals surface area contributed by atoms with Crippen molar-refractivity contribution in [2.24, 2.45) is 5.41 Å². The van der Waals surface area contributed by atoms with Crippen molar-refractivity contribution in [1.82, 2.24) is 5.32 Å². The smallest absolute Gasteiger partial charge is 0.224 e. The van der Waals surface area contributed by atoms with Gasteiger partial charge in [0.15, 0.2) is 11.6 Å². The first kappa shape index (κ1) is 14.6. The molecule has 0 bridgehead atoms. The Morgan fingerprint density at radius 3 is 2.67 bits per heavy atom. The molecule has 0 radical (unpaired) electrons. The number of benzene rings is 1. The third kappa shape index (κ3) is 4.07. The van der Waals surface area contributed by atoms with Crippen molar-refractivity contribution in [3.63, 3.8) is 0 Å². The number of carbonyl (C=O) groups is 1. The summed E-state index contributed by atoms with van der Waals surface area (Å²) in [5.41, 5.74) is -0.412. The molecule has 0 saturated carbocycles. The second-order valence-electron chi connectivity index (χ2n) is 4.99. The number of halogens is 2. The zero-order valence-corrected chi connectivity index (χ0v) is 10.5. The molecule has 1 amide bonds. The Kier molecular flexibility index (Phi) is 4.78. The summed E-state index contributed by atoms with van der Waals surface area (Å²) in [7, 11) is 0. The fourth-order valence-corrected chi connectivity index (χ4v) is 1.31. The van der Waals surface area contributed by atoms with Crippen LogP contribution < -0.4 is 5.32 Å². The van der Waals surface area contributed by atoms with Gasteiger partial charge in [0.05, 0.1) is 6.42 Å². The predicted molar refractivity (Wildman–Crippen MR) is 63.9 cm³/mol. The van der Waals surface area contributed by atoms with Crippen LogP contribution in [0.15, 0.2) is 18.2 Å². The molecule has 0 aliphatic carbocycles. The number of aliphatic hydroxyl groups excluding tert-OH is 1. The third-order valence-electron chi connectivity index (χ3n) is 2.57. The lowest BCUT2D eigenvalue weighted by Gasteiger charge is -2.21. The van der Waals surface area contributed by atoms with Gasteiger partial charge in [-0.25, -0.2) is 8.78 Å². The first-order valence-electron chi connectivity index (χ1n) is 5.66. The van der Waals surface area contributed by atoms with Crippen molar-refractivity contribution in [2.75, 3.05) is 13.2 Å². The van der Waals surface area contributed by atoms with Crippen LogP contribution in [0.1, 0.15) is 19.4 Å². The summed E-state index contributed by atoms with van der Waals surface area (Å²) in [6, 6.07) is 3.74. The van der Waals surface area contributed by atoms with Crippen LogP contribution in [-0.2, 0) is 11.2 Å². The average Bonchev–Trinajstić information content (AvgIpc) is 2.33. The van der Waals surface area contributed by atoms with E-state index >= 15 is 0 Å². The van der Waals surface area contributed by atoms with Crippen molar-refractivity contribution in [3.05, 3.63) is 35.4 Å². The zero-order valence-electron chi connectivity index (χ0n) is 10.5. The van der Waals surface area contributed by atoms with E-state index in [9.17, 15) is 13.6 Å². The largest absolute Gasteiger partial charge is 0.396 e. The highest BCUT2D eigenvalue weighted by atomic mass is 19.2. The Balaban J connectivity index is 2.58. The molecule has 0 saturated heterocycles. The Hall–Kier alpha value is -1.49. The highest BCUT2D eigenvalue weighted by Crippen LogP contribution is 2.13. The predicted octanol–water partition coefficient (Wildman–Crippen LogP) is 1.64. The minimum atomic E-state index is -0.992. The van der Waals surface area contributed by atoms with Crippen molar-refractivity contribution < 1.29 is 18.7 Å². The van der Waals surface area contributed by atoms with E-state index in [1.54, 1.807) is 13.8 Å². The maximum Gasteiger partial charge on any atom is 0.224 e. The topological polar surface area (TPSA) is 49.3 Å². The van der Waals surface area contributed by atoms with Crippen LogP contribution in [0.25, 0.3) is 0 Å². The maximum absolute atomic E-state index is 13.3. The highest BCUT2D eigenvalue weighted by molar-refractivity contribution is 5.78. The van der Waals surface area contributed by atoms with Crippen LogP contribution in [0.2, 0.25) is 0 Å². The van der Waals surface area contributed by atoms with Crippen LogP contribution in [0.3, 0.4) is 0 Å². The SMILES string of the molecule is CC(C)(CO)CNC(=O)Cc1cccc(F)c1F. The Labute approximate surface area is 105 Å². The molecule has 0 aliphatic heterocycles. The standard InChI is InChI=1S/C13H17F2NO2/c1-13(2,8-17)7-16-11(18)6-9-4-3-5-10(14)12(9)15/h3-5,17H,6-8H2,1-2H3,(H,16,18). The molecule has 18 heavy (non-hydrogen) atoms. The van der Waals surface area contributed by atoms with Gasteiger partial charge in [0.25, 0.3) is 0 Å². The molecule has 0 fully saturated rings. The average molecular weight is 257 g/mol. The van der Waals surface area contributed by atoms with E-state index < -0.39 is 23.0 Å². The zero-order chi connectivity index (χ0) is 13.8. The monoisotopic (exact) mass is 257 g/mol. The van der Waals surface area contributed by atoms with Gasteiger partial charge in [-0.3, -0.25) is 4.79 Å². The summed E-state index contributed by atoms with van der Waals surface area (Å²) in [6.07, 6.45) is -0.217. The number of carbonyl (C=O) groups excluding carboxylic acids is 1. The van der Waals surface area contributed by atoms with Gasteiger partial charge in [-0.2, -0.15) is 0 Å². The van der Waals surface area contributed by atoms with Gasteiger partial charge in [-0.15, -0.1) is 0 Å². The molecule has 0 spiro atoms. The van der Waals surface area contributed by atoms with Crippen molar-refractivity contribution in [2.45, 2.75) is 20.3 Å². The van der Waals surface area contributed by atoms with E-state index in [2.05, 4.69) is 5.32 Å². The molecule has 0 aromatic heterocycles. The lowest BCUT2D eigenvalue weighted by molar-refractivity contribution is -0.121. The molecule has 0 aliphatic rings. The summed E-state index contributed by atoms with van der Waals surface area (Å²) >= 11 is 0. The van der Waals surface area contributed by atoms with E-state index in [0.29, 0.717) is 0 Å². The molecule has 1 aromatic rings. The Morgan fingerprint density at radius 1 is 1.39 bits per heavy atom. The normalized spacial score (nSPS) is 11.4. The molecular formula is C13H17F2NO2. The molecule has 3 nitrogen and oxygen atoms in total. The molecule has 0 atom stereocenters. The second kappa shape index (κ2) is 5.91. The number of aliphatic hydroxyl groups is 1. The van der Waals surface area contributed by atoms with Crippen molar-refractivity contribution >= 4 is 5.91 Å². The summed E-state index contributed by atoms with van der Waals surface area (Å²) in [5.74, 6) is -2.36. The van der Waals surface area contributed by atoms with E-state index in [-0.39, 0.29) is 25.1 Å². The van der Waals surface area contributed by atoms with Crippen molar-refractivity contribution in [1.29, 1.82) is 0 Å². The van der Waals surface area contributed by atoms with E-state index in [1.807, 2.05) is 0 Å². The molecule has 100 valence electrons. The number of nitrogens with one attached hydrogen (secondary N) is 1. The molecular weight excluding hydrogens is 240 g/mol. The van der Waals surface area contributed by atoms with Crippen LogP contribution >= 0.6 is 0 Å². The number of hydrogen-bond acceptors (Lipinski definition) is 2. The molecule has 0 heterocycles. The number of hydrogen-bond donors (Lipinski definition) is 2. The molecule has 0 unspecified atom stereocenters. The molecule has 1 aromatic carbocycles. The van der Waals surface area contributed by atoms with E-state index in [1.165, 1.54) is 12.1 Å². The fourth-order valence-electron chi connectivity index (χ4n) is 1.31. The van der Waals surface area contributed by atoms with Gasteiger partial charge in [-0.05, 0) is 6.07 Å². The van der Waals surface area contributed by atoms with Crippen LogP contribution in [0, 0.1) is 17.0 Å². The lowest BCUT2D eigenvalue weighted by atomic mass is 9.95. The Bertz CT molecular complexity index is 433. The van der Waals surface area contributed by atoms with Gasteiger partial charge in [-0.1, -0.05) is 26.0 Å². The van der Waals surface area contributed by atoms with Gasteiger partial charge >= 0.3 is 0 Å². The summed E-state index contributed by atoms with van der Waals surface area (Å²) in [6.45, 7) is 3.78. The first-order valence-corrected chi connectivity index (χ1v) is 5.66. The van der Waals surface area contributed by atoms with E-state index in [0.717, 1.165) is 6.07 Å². The Morgan fingerprint density at radius 2 is 2.06 bits per heavy atom. The van der Waals surface area contributed by atoms with Gasteiger partial charge in [0.1, 0.15) is 0 Å². The number of amides is 1. The van der Waals surface area contributed by atoms with Gasteiger partial charge in [0, 0.05) is 24.1 Å². The van der Waals surface area contributed by atoms with E-state index in [4.69, 9.17) is 5.11 Å². The molecule has 1 rings (SSSR count). The summed E-state index contributed by atoms with van der Waals surface area (Å²) in [4.78, 5) is 11.6. The molecule has 5 heteroatoms. The third-order valence-corrected chi connectivity index (χ3v) is 2.57. The van der Waals surface area contributed by atoms with Crippen LogP contribution in [0.5, 0.6) is 0 Å².